The summed E-state index contributed by atoms with van der Waals surface area (Å²) in [5, 5.41) is 0.638. The van der Waals surface area contributed by atoms with Gasteiger partial charge in [0.15, 0.2) is 0 Å². The molecule has 78 valence electrons. The van der Waals surface area contributed by atoms with Crippen molar-refractivity contribution in [3.8, 4) is 5.75 Å². The van der Waals surface area contributed by atoms with Gasteiger partial charge in [-0.25, -0.2) is 0 Å². The van der Waals surface area contributed by atoms with Crippen molar-refractivity contribution in [1.29, 1.82) is 0 Å². The fourth-order valence-electron chi connectivity index (χ4n) is 1.26. The molecule has 0 amide bonds. The lowest BCUT2D eigenvalue weighted by atomic mass is 10.2. The summed E-state index contributed by atoms with van der Waals surface area (Å²) in [5.41, 5.74) is 6.37. The van der Waals surface area contributed by atoms with Crippen LogP contribution in [-0.2, 0) is 0 Å². The fraction of sp³-hybridized carbons (Fsp3) is 0.455. The molecule has 0 bridgehead atoms. The second kappa shape index (κ2) is 5.11. The highest BCUT2D eigenvalue weighted by molar-refractivity contribution is 6.30. The van der Waals surface area contributed by atoms with E-state index in [1.807, 2.05) is 6.07 Å². The second-order valence-electron chi connectivity index (χ2n) is 3.24. The Morgan fingerprint density at radius 3 is 2.50 bits per heavy atom. The third-order valence-electron chi connectivity index (χ3n) is 2.18. The van der Waals surface area contributed by atoms with E-state index in [1.54, 1.807) is 12.1 Å². The van der Waals surface area contributed by atoms with Gasteiger partial charge in [-0.1, -0.05) is 25.4 Å². The Bertz CT molecular complexity index is 297. The quantitative estimate of drug-likeness (QED) is 0.778. The zero-order chi connectivity index (χ0) is 10.6. The molecule has 0 atom stereocenters. The molecule has 0 unspecified atom stereocenters. The standard InChI is InChI=1S/C11H16ClNO/c1-3-9(4-2)14-11-6-5-8(12)7-10(11)13/h5-7,9H,3-4,13H2,1-2H3. The molecule has 1 aromatic rings. The predicted molar refractivity (Wildman–Crippen MR) is 60.9 cm³/mol. The maximum absolute atomic E-state index is 5.79. The summed E-state index contributed by atoms with van der Waals surface area (Å²) < 4.78 is 5.71. The van der Waals surface area contributed by atoms with Crippen LogP contribution >= 0.6 is 11.6 Å². The smallest absolute Gasteiger partial charge is 0.142 e. The average molecular weight is 214 g/mol. The van der Waals surface area contributed by atoms with E-state index in [0.717, 1.165) is 18.6 Å². The highest BCUT2D eigenvalue weighted by Gasteiger charge is 2.07. The minimum Gasteiger partial charge on any atom is -0.488 e. The summed E-state index contributed by atoms with van der Waals surface area (Å²) in [4.78, 5) is 0. The summed E-state index contributed by atoms with van der Waals surface area (Å²) in [5.74, 6) is 0.725. The van der Waals surface area contributed by atoms with E-state index >= 15 is 0 Å². The Kier molecular flexibility index (Phi) is 4.08. The van der Waals surface area contributed by atoms with Crippen LogP contribution in [0.3, 0.4) is 0 Å². The van der Waals surface area contributed by atoms with Gasteiger partial charge in [0, 0.05) is 5.02 Å². The van der Waals surface area contributed by atoms with Crippen LogP contribution in [0.4, 0.5) is 5.69 Å². The van der Waals surface area contributed by atoms with E-state index in [0.29, 0.717) is 10.7 Å². The average Bonchev–Trinajstić information content (AvgIpc) is 2.17. The van der Waals surface area contributed by atoms with Crippen molar-refractivity contribution in [3.63, 3.8) is 0 Å². The first-order valence-electron chi connectivity index (χ1n) is 4.89. The number of anilines is 1. The molecule has 0 fully saturated rings. The molecule has 0 saturated carbocycles. The molecule has 2 N–H and O–H groups in total. The third-order valence-corrected chi connectivity index (χ3v) is 2.41. The van der Waals surface area contributed by atoms with Gasteiger partial charge in [0.25, 0.3) is 0 Å². The number of halogens is 1. The molecule has 3 heteroatoms. The fourth-order valence-corrected chi connectivity index (χ4v) is 1.44. The van der Waals surface area contributed by atoms with E-state index < -0.39 is 0 Å². The number of nitrogen functional groups attached to an aromatic ring is 1. The van der Waals surface area contributed by atoms with Crippen LogP contribution in [0.15, 0.2) is 18.2 Å². The molecule has 0 saturated heterocycles. The first kappa shape index (κ1) is 11.2. The molecule has 0 spiro atoms. The van der Waals surface area contributed by atoms with Crippen molar-refractivity contribution in [2.24, 2.45) is 0 Å². The van der Waals surface area contributed by atoms with Crippen molar-refractivity contribution < 1.29 is 4.74 Å². The van der Waals surface area contributed by atoms with E-state index in [9.17, 15) is 0 Å². The monoisotopic (exact) mass is 213 g/mol. The maximum Gasteiger partial charge on any atom is 0.142 e. The lowest BCUT2D eigenvalue weighted by Gasteiger charge is -2.16. The number of hydrogen-bond donors (Lipinski definition) is 1. The predicted octanol–water partition coefficient (Wildman–Crippen LogP) is 3.49. The zero-order valence-corrected chi connectivity index (χ0v) is 9.34. The van der Waals surface area contributed by atoms with Gasteiger partial charge < -0.3 is 10.5 Å². The van der Waals surface area contributed by atoms with E-state index in [-0.39, 0.29) is 6.10 Å². The van der Waals surface area contributed by atoms with Crippen LogP contribution < -0.4 is 10.5 Å². The largest absolute Gasteiger partial charge is 0.488 e. The molecule has 0 aliphatic rings. The Morgan fingerprint density at radius 1 is 1.36 bits per heavy atom. The molecule has 1 aromatic carbocycles. The molecule has 1 rings (SSSR count). The van der Waals surface area contributed by atoms with Crippen molar-refractivity contribution in [2.45, 2.75) is 32.8 Å². The van der Waals surface area contributed by atoms with Gasteiger partial charge in [0.2, 0.25) is 0 Å². The Labute approximate surface area is 90.0 Å². The van der Waals surface area contributed by atoms with Gasteiger partial charge in [0.05, 0.1) is 11.8 Å². The zero-order valence-electron chi connectivity index (χ0n) is 8.59. The Morgan fingerprint density at radius 2 is 2.00 bits per heavy atom. The second-order valence-corrected chi connectivity index (χ2v) is 3.67. The van der Waals surface area contributed by atoms with Crippen LogP contribution in [0, 0.1) is 0 Å². The number of hydrogen-bond acceptors (Lipinski definition) is 2. The van der Waals surface area contributed by atoms with Crippen molar-refractivity contribution >= 4 is 17.3 Å². The van der Waals surface area contributed by atoms with Gasteiger partial charge in [-0.15, -0.1) is 0 Å². The SMILES string of the molecule is CCC(CC)Oc1ccc(Cl)cc1N. The van der Waals surface area contributed by atoms with Crippen LogP contribution in [0.2, 0.25) is 5.02 Å². The first-order valence-corrected chi connectivity index (χ1v) is 5.26. The molecule has 14 heavy (non-hydrogen) atoms. The number of rotatable bonds is 4. The van der Waals surface area contributed by atoms with Crippen molar-refractivity contribution in [2.75, 3.05) is 5.73 Å². The molecule has 0 aliphatic heterocycles. The number of nitrogens with two attached hydrogens (primary N) is 1. The van der Waals surface area contributed by atoms with E-state index in [1.165, 1.54) is 0 Å². The molecule has 0 heterocycles. The van der Waals surface area contributed by atoms with Crippen molar-refractivity contribution in [1.82, 2.24) is 0 Å². The highest BCUT2D eigenvalue weighted by Crippen LogP contribution is 2.26. The summed E-state index contributed by atoms with van der Waals surface area (Å²) in [7, 11) is 0. The lowest BCUT2D eigenvalue weighted by molar-refractivity contribution is 0.194. The maximum atomic E-state index is 5.79. The van der Waals surface area contributed by atoms with Crippen LogP contribution in [-0.4, -0.2) is 6.10 Å². The minimum absolute atomic E-state index is 0.235. The Hall–Kier alpha value is -0.890. The van der Waals surface area contributed by atoms with E-state index in [4.69, 9.17) is 22.1 Å². The van der Waals surface area contributed by atoms with Crippen LogP contribution in [0.1, 0.15) is 26.7 Å². The third kappa shape index (κ3) is 2.81. The van der Waals surface area contributed by atoms with Gasteiger partial charge in [0.1, 0.15) is 5.75 Å². The summed E-state index contributed by atoms with van der Waals surface area (Å²) in [6.07, 6.45) is 2.20. The number of ether oxygens (including phenoxy) is 1. The van der Waals surface area contributed by atoms with Crippen LogP contribution in [0.25, 0.3) is 0 Å². The normalized spacial score (nSPS) is 10.6. The highest BCUT2D eigenvalue weighted by atomic mass is 35.5. The number of benzene rings is 1. The molecular formula is C11H16ClNO. The topological polar surface area (TPSA) is 35.2 Å². The van der Waals surface area contributed by atoms with Crippen LogP contribution in [0.5, 0.6) is 5.75 Å². The molecule has 0 aliphatic carbocycles. The van der Waals surface area contributed by atoms with Gasteiger partial charge in [-0.2, -0.15) is 0 Å². The van der Waals surface area contributed by atoms with Crippen molar-refractivity contribution in [3.05, 3.63) is 23.2 Å². The van der Waals surface area contributed by atoms with Gasteiger partial charge in [-0.3, -0.25) is 0 Å². The molecule has 0 aromatic heterocycles. The summed E-state index contributed by atoms with van der Waals surface area (Å²) in [6.45, 7) is 4.19. The molecular weight excluding hydrogens is 198 g/mol. The minimum atomic E-state index is 0.235. The Balaban J connectivity index is 2.76. The van der Waals surface area contributed by atoms with Gasteiger partial charge >= 0.3 is 0 Å². The molecule has 2 nitrogen and oxygen atoms in total. The van der Waals surface area contributed by atoms with Gasteiger partial charge in [-0.05, 0) is 31.0 Å². The summed E-state index contributed by atoms with van der Waals surface area (Å²) in [6, 6.07) is 5.31. The lowest BCUT2D eigenvalue weighted by Crippen LogP contribution is -2.14. The summed E-state index contributed by atoms with van der Waals surface area (Å²) >= 11 is 5.79. The molecule has 0 radical (unpaired) electrons. The van der Waals surface area contributed by atoms with E-state index in [2.05, 4.69) is 13.8 Å². The first-order chi connectivity index (χ1) is 6.67.